The summed E-state index contributed by atoms with van der Waals surface area (Å²) >= 11 is 0. The normalized spacial score (nSPS) is 11.1. The van der Waals surface area contributed by atoms with Crippen molar-refractivity contribution in [3.8, 4) is 5.75 Å². The molecule has 0 spiro atoms. The maximum atomic E-state index is 5.25. The van der Waals surface area contributed by atoms with E-state index in [1.54, 1.807) is 6.08 Å². The highest BCUT2D eigenvalue weighted by Gasteiger charge is 2.23. The van der Waals surface area contributed by atoms with Gasteiger partial charge >= 0.3 is 0 Å². The van der Waals surface area contributed by atoms with Crippen molar-refractivity contribution in [2.24, 2.45) is 5.90 Å². The average molecular weight is 253 g/mol. The second kappa shape index (κ2) is 5.29. The van der Waals surface area contributed by atoms with Crippen LogP contribution in [0, 0.1) is 0 Å². The molecule has 0 aliphatic heterocycles. The smallest absolute Gasteiger partial charge is 0.154 e. The Morgan fingerprint density at radius 3 is 2.32 bits per heavy atom. The molecule has 0 fully saturated rings. The van der Waals surface area contributed by atoms with Crippen LogP contribution in [0.5, 0.6) is 5.75 Å². The van der Waals surface area contributed by atoms with Crippen LogP contribution in [0.2, 0.25) is 0 Å². The Morgan fingerprint density at radius 2 is 1.74 bits per heavy atom. The van der Waals surface area contributed by atoms with Gasteiger partial charge in [-0.2, -0.15) is 5.90 Å². The predicted octanol–water partition coefficient (Wildman–Crippen LogP) is 3.91. The molecule has 2 heteroatoms. The number of hydrogen-bond donors (Lipinski definition) is 1. The van der Waals surface area contributed by atoms with E-state index in [1.165, 1.54) is 11.1 Å². The van der Waals surface area contributed by atoms with Crippen LogP contribution in [0.15, 0.2) is 55.1 Å². The molecule has 0 bridgehead atoms. The Kier molecular flexibility index (Phi) is 3.72. The molecule has 0 aromatic heterocycles. The molecule has 0 saturated carbocycles. The third kappa shape index (κ3) is 2.54. The van der Waals surface area contributed by atoms with Gasteiger partial charge in [0.15, 0.2) is 5.75 Å². The monoisotopic (exact) mass is 253 g/mol. The molecule has 2 rings (SSSR count). The quantitative estimate of drug-likeness (QED) is 0.838. The minimum atomic E-state index is -0.0772. The van der Waals surface area contributed by atoms with E-state index in [4.69, 9.17) is 10.7 Å². The summed E-state index contributed by atoms with van der Waals surface area (Å²) in [5.74, 6) is 5.89. The lowest BCUT2D eigenvalue weighted by molar-refractivity contribution is 0.333. The van der Waals surface area contributed by atoms with Gasteiger partial charge in [-0.05, 0) is 23.3 Å². The summed E-state index contributed by atoms with van der Waals surface area (Å²) in [6.07, 6.45) is 1.76. The van der Waals surface area contributed by atoms with Gasteiger partial charge in [0.05, 0.1) is 0 Å². The van der Waals surface area contributed by atoms with Gasteiger partial charge in [-0.3, -0.25) is 0 Å². The summed E-state index contributed by atoms with van der Waals surface area (Å²) in [5, 5.41) is 0. The molecule has 0 heterocycles. The fourth-order valence-corrected chi connectivity index (χ4v) is 2.23. The van der Waals surface area contributed by atoms with E-state index >= 15 is 0 Å². The van der Waals surface area contributed by atoms with E-state index in [0.29, 0.717) is 5.75 Å². The lowest BCUT2D eigenvalue weighted by Gasteiger charge is -2.26. The van der Waals surface area contributed by atoms with Crippen molar-refractivity contribution in [3.63, 3.8) is 0 Å². The average Bonchev–Trinajstić information content (AvgIpc) is 2.47. The Bertz CT molecular complexity index is 573. The molecule has 2 nitrogen and oxygen atoms in total. The lowest BCUT2D eigenvalue weighted by atomic mass is 9.77. The van der Waals surface area contributed by atoms with Gasteiger partial charge in [-0.15, -0.1) is 0 Å². The lowest BCUT2D eigenvalue weighted by Crippen LogP contribution is -2.19. The molecule has 2 aromatic rings. The van der Waals surface area contributed by atoms with Crippen molar-refractivity contribution >= 4 is 6.08 Å². The summed E-state index contributed by atoms with van der Waals surface area (Å²) in [6.45, 7) is 8.20. The molecule has 0 aliphatic carbocycles. The first-order chi connectivity index (χ1) is 9.09. The second-order valence-electron chi connectivity index (χ2n) is 5.07. The topological polar surface area (TPSA) is 35.2 Å². The van der Waals surface area contributed by atoms with Crippen LogP contribution in [-0.4, -0.2) is 0 Å². The Hall–Kier alpha value is -2.06. The van der Waals surface area contributed by atoms with E-state index in [-0.39, 0.29) is 5.41 Å². The second-order valence-corrected chi connectivity index (χ2v) is 5.07. The van der Waals surface area contributed by atoms with Crippen LogP contribution in [0.3, 0.4) is 0 Å². The largest absolute Gasteiger partial charge is 0.411 e. The van der Waals surface area contributed by atoms with Gasteiger partial charge in [-0.25, -0.2) is 0 Å². The first-order valence-electron chi connectivity index (χ1n) is 6.29. The molecule has 2 aromatic carbocycles. The Morgan fingerprint density at radius 1 is 1.05 bits per heavy atom. The molecule has 2 N–H and O–H groups in total. The molecular weight excluding hydrogens is 234 g/mol. The molecule has 0 unspecified atom stereocenters. The van der Waals surface area contributed by atoms with Crippen LogP contribution < -0.4 is 10.7 Å². The zero-order chi connectivity index (χ0) is 13.9. The zero-order valence-electron chi connectivity index (χ0n) is 11.4. The third-order valence-electron chi connectivity index (χ3n) is 3.57. The van der Waals surface area contributed by atoms with Crippen LogP contribution in [0.1, 0.15) is 30.5 Å². The van der Waals surface area contributed by atoms with E-state index in [0.717, 1.165) is 5.56 Å². The highest BCUT2D eigenvalue weighted by molar-refractivity contribution is 5.58. The van der Waals surface area contributed by atoms with Crippen LogP contribution >= 0.6 is 0 Å². The number of hydrogen-bond acceptors (Lipinski definition) is 2. The maximum absolute atomic E-state index is 5.25. The Balaban J connectivity index is 2.49. The first kappa shape index (κ1) is 13.4. The maximum Gasteiger partial charge on any atom is 0.154 e. The van der Waals surface area contributed by atoms with Gasteiger partial charge in [0, 0.05) is 11.0 Å². The summed E-state index contributed by atoms with van der Waals surface area (Å²) in [5.41, 5.74) is 3.30. The van der Waals surface area contributed by atoms with E-state index in [9.17, 15) is 0 Å². The van der Waals surface area contributed by atoms with Crippen molar-refractivity contribution in [1.29, 1.82) is 0 Å². The molecule has 0 atom stereocenters. The molecular formula is C17H19NO. The third-order valence-corrected chi connectivity index (χ3v) is 3.57. The van der Waals surface area contributed by atoms with Crippen molar-refractivity contribution in [2.45, 2.75) is 19.3 Å². The molecule has 19 heavy (non-hydrogen) atoms. The first-order valence-corrected chi connectivity index (χ1v) is 6.29. The van der Waals surface area contributed by atoms with Crippen molar-refractivity contribution in [3.05, 3.63) is 71.8 Å². The SMILES string of the molecule is C=Cc1cc(C(C)(C)c2ccccc2)ccc1ON. The summed E-state index contributed by atoms with van der Waals surface area (Å²) in [4.78, 5) is 4.84. The zero-order valence-corrected chi connectivity index (χ0v) is 11.4. The number of nitrogens with two attached hydrogens (primary N) is 1. The molecule has 0 radical (unpaired) electrons. The van der Waals surface area contributed by atoms with E-state index in [1.807, 2.05) is 18.2 Å². The van der Waals surface area contributed by atoms with Crippen molar-refractivity contribution in [2.75, 3.05) is 0 Å². The van der Waals surface area contributed by atoms with Crippen LogP contribution in [-0.2, 0) is 5.41 Å². The molecule has 98 valence electrons. The fourth-order valence-electron chi connectivity index (χ4n) is 2.23. The van der Waals surface area contributed by atoms with Crippen molar-refractivity contribution < 1.29 is 4.84 Å². The minimum absolute atomic E-state index is 0.0772. The van der Waals surface area contributed by atoms with Gasteiger partial charge in [-0.1, -0.05) is 62.9 Å². The number of benzene rings is 2. The number of rotatable bonds is 4. The summed E-state index contributed by atoms with van der Waals surface area (Å²) in [7, 11) is 0. The highest BCUT2D eigenvalue weighted by Crippen LogP contribution is 2.34. The van der Waals surface area contributed by atoms with Crippen LogP contribution in [0.25, 0.3) is 6.08 Å². The molecule has 0 amide bonds. The standard InChI is InChI=1S/C17H19NO/c1-4-13-12-15(10-11-16(13)19-18)17(2,3)14-8-6-5-7-9-14/h4-12H,1,18H2,2-3H3. The summed E-state index contributed by atoms with van der Waals surface area (Å²) in [6, 6.07) is 16.4. The van der Waals surface area contributed by atoms with Gasteiger partial charge in [0.1, 0.15) is 0 Å². The van der Waals surface area contributed by atoms with Gasteiger partial charge in [0.25, 0.3) is 0 Å². The summed E-state index contributed by atoms with van der Waals surface area (Å²) < 4.78 is 0. The van der Waals surface area contributed by atoms with E-state index < -0.39 is 0 Å². The minimum Gasteiger partial charge on any atom is -0.411 e. The van der Waals surface area contributed by atoms with E-state index in [2.05, 4.69) is 50.8 Å². The van der Waals surface area contributed by atoms with Crippen LogP contribution in [0.4, 0.5) is 0 Å². The highest BCUT2D eigenvalue weighted by atomic mass is 16.6. The van der Waals surface area contributed by atoms with Gasteiger partial charge < -0.3 is 4.84 Å². The molecule has 0 aliphatic rings. The fraction of sp³-hybridized carbons (Fsp3) is 0.176. The Labute approximate surface area is 114 Å². The van der Waals surface area contributed by atoms with Gasteiger partial charge in [0.2, 0.25) is 0 Å². The van der Waals surface area contributed by atoms with Crippen molar-refractivity contribution in [1.82, 2.24) is 0 Å². The predicted molar refractivity (Wildman–Crippen MR) is 79.9 cm³/mol. The molecule has 0 saturated heterocycles.